The Morgan fingerprint density at radius 1 is 0.824 bits per heavy atom. The highest BCUT2D eigenvalue weighted by Crippen LogP contribution is 2.38. The largest absolute Gasteiger partial charge is 0.296 e. The van der Waals surface area contributed by atoms with Crippen molar-refractivity contribution in [2.24, 2.45) is 0 Å². The molecule has 3 heteroatoms. The van der Waals surface area contributed by atoms with Crippen molar-refractivity contribution in [3.05, 3.63) is 35.7 Å². The molecule has 1 aromatic carbocycles. The summed E-state index contributed by atoms with van der Waals surface area (Å²) >= 11 is 0. The molecule has 1 aliphatic rings. The van der Waals surface area contributed by atoms with Crippen molar-refractivity contribution < 1.29 is 0 Å². The minimum absolute atomic E-state index is 0.115. The van der Waals surface area contributed by atoms with Crippen LogP contribution in [0, 0.1) is 0 Å². The number of para-hydroxylation sites is 2. The fourth-order valence-corrected chi connectivity index (χ4v) is 2.77. The van der Waals surface area contributed by atoms with Gasteiger partial charge in [0.15, 0.2) is 0 Å². The van der Waals surface area contributed by atoms with Gasteiger partial charge in [-0.2, -0.15) is 0 Å². The Morgan fingerprint density at radius 2 is 1.24 bits per heavy atom. The molecule has 0 amide bonds. The number of aromatic nitrogens is 2. The van der Waals surface area contributed by atoms with Gasteiger partial charge in [0.05, 0.1) is 33.5 Å². The molecule has 88 valence electrons. The van der Waals surface area contributed by atoms with E-state index in [1.54, 1.807) is 0 Å². The third-order valence-electron chi connectivity index (χ3n) is 3.38. The van der Waals surface area contributed by atoms with Crippen molar-refractivity contribution >= 4 is 11.0 Å². The zero-order valence-corrected chi connectivity index (χ0v) is 10.7. The van der Waals surface area contributed by atoms with E-state index in [1.807, 2.05) is 24.3 Å². The van der Waals surface area contributed by atoms with Crippen molar-refractivity contribution in [2.75, 3.05) is 0 Å². The van der Waals surface area contributed by atoms with Crippen molar-refractivity contribution in [2.45, 2.75) is 38.8 Å². The average molecular weight is 227 g/mol. The summed E-state index contributed by atoms with van der Waals surface area (Å²) in [5, 5.41) is 3.58. The van der Waals surface area contributed by atoms with Crippen molar-refractivity contribution in [3.63, 3.8) is 0 Å². The maximum atomic E-state index is 4.78. The fourth-order valence-electron chi connectivity index (χ4n) is 2.77. The van der Waals surface area contributed by atoms with E-state index in [2.05, 4.69) is 33.0 Å². The third kappa shape index (κ3) is 1.46. The van der Waals surface area contributed by atoms with Crippen molar-refractivity contribution in [1.29, 1.82) is 0 Å². The quantitative estimate of drug-likeness (QED) is 0.752. The van der Waals surface area contributed by atoms with Gasteiger partial charge < -0.3 is 0 Å². The molecule has 1 aromatic heterocycles. The van der Waals surface area contributed by atoms with E-state index in [-0.39, 0.29) is 11.1 Å². The summed E-state index contributed by atoms with van der Waals surface area (Å²) in [5.74, 6) is 0. The maximum Gasteiger partial charge on any atom is 0.0891 e. The van der Waals surface area contributed by atoms with Crippen LogP contribution in [-0.4, -0.2) is 9.97 Å². The van der Waals surface area contributed by atoms with Crippen LogP contribution in [0.3, 0.4) is 0 Å². The highest BCUT2D eigenvalue weighted by atomic mass is 15.1. The van der Waals surface area contributed by atoms with Crippen LogP contribution in [0.4, 0.5) is 0 Å². The molecule has 0 fully saturated rings. The summed E-state index contributed by atoms with van der Waals surface area (Å²) < 4.78 is 0. The van der Waals surface area contributed by atoms with E-state index in [0.717, 1.165) is 22.4 Å². The third-order valence-corrected chi connectivity index (χ3v) is 3.38. The van der Waals surface area contributed by atoms with Crippen LogP contribution in [0.15, 0.2) is 24.3 Å². The van der Waals surface area contributed by atoms with Gasteiger partial charge in [-0.3, -0.25) is 5.32 Å². The highest BCUT2D eigenvalue weighted by Gasteiger charge is 2.43. The molecular formula is C14H17N3. The molecule has 1 aliphatic heterocycles. The van der Waals surface area contributed by atoms with Gasteiger partial charge in [0, 0.05) is 0 Å². The van der Waals surface area contributed by atoms with E-state index in [1.165, 1.54) is 0 Å². The van der Waals surface area contributed by atoms with Crippen LogP contribution in [0.2, 0.25) is 0 Å². The summed E-state index contributed by atoms with van der Waals surface area (Å²) in [6.45, 7) is 8.63. The second-order valence-corrected chi connectivity index (χ2v) is 5.78. The first-order valence-electron chi connectivity index (χ1n) is 5.97. The minimum atomic E-state index is -0.115. The lowest BCUT2D eigenvalue weighted by Crippen LogP contribution is -2.40. The predicted molar refractivity (Wildman–Crippen MR) is 68.7 cm³/mol. The molecule has 3 rings (SSSR count). The number of rotatable bonds is 0. The molecule has 0 saturated carbocycles. The Hall–Kier alpha value is -1.48. The molecule has 0 radical (unpaired) electrons. The molecule has 0 aliphatic carbocycles. The van der Waals surface area contributed by atoms with Crippen LogP contribution in [-0.2, 0) is 11.1 Å². The van der Waals surface area contributed by atoms with Gasteiger partial charge >= 0.3 is 0 Å². The highest BCUT2D eigenvalue weighted by molar-refractivity contribution is 5.74. The molecular weight excluding hydrogens is 210 g/mol. The second kappa shape index (κ2) is 3.05. The normalized spacial score (nSPS) is 20.5. The van der Waals surface area contributed by atoms with Crippen LogP contribution in [0.25, 0.3) is 11.0 Å². The van der Waals surface area contributed by atoms with Crippen molar-refractivity contribution in [3.8, 4) is 0 Å². The van der Waals surface area contributed by atoms with Gasteiger partial charge in [-0.15, -0.1) is 0 Å². The topological polar surface area (TPSA) is 37.8 Å². The van der Waals surface area contributed by atoms with E-state index in [9.17, 15) is 0 Å². The van der Waals surface area contributed by atoms with Crippen LogP contribution in [0.1, 0.15) is 39.1 Å². The molecule has 0 spiro atoms. The smallest absolute Gasteiger partial charge is 0.0891 e. The Morgan fingerprint density at radius 3 is 1.65 bits per heavy atom. The zero-order chi connectivity index (χ0) is 12.3. The zero-order valence-electron chi connectivity index (χ0n) is 10.7. The summed E-state index contributed by atoms with van der Waals surface area (Å²) in [7, 11) is 0. The monoisotopic (exact) mass is 227 g/mol. The first-order chi connectivity index (χ1) is 7.90. The first-order valence-corrected chi connectivity index (χ1v) is 5.97. The van der Waals surface area contributed by atoms with E-state index >= 15 is 0 Å². The van der Waals surface area contributed by atoms with Crippen molar-refractivity contribution in [1.82, 2.24) is 15.3 Å². The van der Waals surface area contributed by atoms with Crippen LogP contribution in [0.5, 0.6) is 0 Å². The molecule has 0 bridgehead atoms. The molecule has 17 heavy (non-hydrogen) atoms. The van der Waals surface area contributed by atoms with Crippen LogP contribution >= 0.6 is 0 Å². The summed E-state index contributed by atoms with van der Waals surface area (Å²) in [5.41, 5.74) is 3.85. The number of fused-ring (bicyclic) bond motifs is 2. The molecule has 2 heterocycles. The molecule has 0 unspecified atom stereocenters. The van der Waals surface area contributed by atoms with E-state index in [4.69, 9.17) is 9.97 Å². The average Bonchev–Trinajstić information content (AvgIpc) is 2.43. The molecule has 2 aromatic rings. The van der Waals surface area contributed by atoms with Gasteiger partial charge in [0.2, 0.25) is 0 Å². The summed E-state index contributed by atoms with van der Waals surface area (Å²) in [6, 6.07) is 8.04. The Kier molecular flexibility index (Phi) is 1.91. The van der Waals surface area contributed by atoms with E-state index < -0.39 is 0 Å². The first kappa shape index (κ1) is 10.7. The van der Waals surface area contributed by atoms with Gasteiger partial charge in [-0.1, -0.05) is 12.1 Å². The Balaban J connectivity index is 2.37. The van der Waals surface area contributed by atoms with Crippen LogP contribution < -0.4 is 5.32 Å². The van der Waals surface area contributed by atoms with Gasteiger partial charge in [0.1, 0.15) is 0 Å². The van der Waals surface area contributed by atoms with Gasteiger partial charge in [-0.25, -0.2) is 9.97 Å². The Labute approximate surface area is 101 Å². The SMILES string of the molecule is CC1(C)NC(C)(C)c2nc3ccccc3nc21. The number of benzene rings is 1. The molecule has 3 nitrogen and oxygen atoms in total. The van der Waals surface area contributed by atoms with Gasteiger partial charge in [0.25, 0.3) is 0 Å². The standard InChI is InChI=1S/C14H17N3/c1-13(2)11-12(14(3,4)17-13)16-10-8-6-5-7-9(10)15-11/h5-8,17H,1-4H3. The maximum absolute atomic E-state index is 4.78. The second-order valence-electron chi connectivity index (χ2n) is 5.78. The minimum Gasteiger partial charge on any atom is -0.296 e. The lowest BCUT2D eigenvalue weighted by molar-refractivity contribution is 0.314. The van der Waals surface area contributed by atoms with Gasteiger partial charge in [-0.05, 0) is 39.8 Å². The van der Waals surface area contributed by atoms with E-state index in [0.29, 0.717) is 0 Å². The number of nitrogens with zero attached hydrogens (tertiary/aromatic N) is 2. The molecule has 0 saturated heterocycles. The molecule has 0 atom stereocenters. The fraction of sp³-hybridized carbons (Fsp3) is 0.429. The predicted octanol–water partition coefficient (Wildman–Crippen LogP) is 2.70. The lowest BCUT2D eigenvalue weighted by Gasteiger charge is -2.24. The number of hydrogen-bond donors (Lipinski definition) is 1. The number of hydrogen-bond acceptors (Lipinski definition) is 3. The summed E-state index contributed by atoms with van der Waals surface area (Å²) in [4.78, 5) is 9.56. The lowest BCUT2D eigenvalue weighted by atomic mass is 10.00. The summed E-state index contributed by atoms with van der Waals surface area (Å²) in [6.07, 6.45) is 0. The number of nitrogens with one attached hydrogen (secondary N) is 1. The molecule has 1 N–H and O–H groups in total. The Bertz CT molecular complexity index is 547.